The Kier molecular flexibility index (Phi) is 4.34. The van der Waals surface area contributed by atoms with Crippen LogP contribution in [0, 0.1) is 0 Å². The highest BCUT2D eigenvalue weighted by atomic mass is 32.2. The van der Waals surface area contributed by atoms with Gasteiger partial charge < -0.3 is 0 Å². The van der Waals surface area contributed by atoms with Gasteiger partial charge in [-0.3, -0.25) is 10.1 Å². The lowest BCUT2D eigenvalue weighted by Gasteiger charge is -2.07. The second-order valence-electron chi connectivity index (χ2n) is 4.07. The lowest BCUT2D eigenvalue weighted by Crippen LogP contribution is -2.42. The second-order valence-corrected chi connectivity index (χ2v) is 5.75. The Morgan fingerprint density at radius 2 is 1.33 bits per heavy atom. The van der Waals surface area contributed by atoms with E-state index in [0.29, 0.717) is 0 Å². The van der Waals surface area contributed by atoms with Crippen molar-refractivity contribution in [2.24, 2.45) is 0 Å². The molecular formula is C14H12N2O4S. The largest absolute Gasteiger partial charge is 0.335 e. The molecule has 0 spiro atoms. The van der Waals surface area contributed by atoms with Crippen LogP contribution in [-0.4, -0.2) is 20.4 Å². The summed E-state index contributed by atoms with van der Waals surface area (Å²) in [5, 5.41) is 1.95. The standard InChI is InChI=1S/C14H12N2O4S/c17-13(11-7-3-1-4-8-11)15-14(18)16-21(19,20)12-9-5-2-6-10-12/h1-10H,(H2,15,16,17,18). The number of rotatable bonds is 3. The molecule has 0 aromatic heterocycles. The molecule has 3 amide bonds. The summed E-state index contributed by atoms with van der Waals surface area (Å²) in [6.07, 6.45) is 0. The number of amides is 3. The predicted octanol–water partition coefficient (Wildman–Crippen LogP) is 1.51. The zero-order chi connectivity index (χ0) is 15.3. The molecule has 0 unspecified atom stereocenters. The molecule has 0 saturated carbocycles. The number of carbonyl (C=O) groups excluding carboxylic acids is 2. The summed E-state index contributed by atoms with van der Waals surface area (Å²) in [5.41, 5.74) is 0.254. The van der Waals surface area contributed by atoms with Crippen molar-refractivity contribution in [1.29, 1.82) is 0 Å². The third kappa shape index (κ3) is 3.90. The van der Waals surface area contributed by atoms with Crippen molar-refractivity contribution < 1.29 is 18.0 Å². The van der Waals surface area contributed by atoms with Gasteiger partial charge in [-0.2, -0.15) is 0 Å². The number of nitrogens with one attached hydrogen (secondary N) is 2. The molecule has 7 heteroatoms. The van der Waals surface area contributed by atoms with Gasteiger partial charge in [0.1, 0.15) is 0 Å². The molecule has 0 heterocycles. The zero-order valence-corrected chi connectivity index (χ0v) is 11.6. The number of urea groups is 1. The lowest BCUT2D eigenvalue weighted by molar-refractivity contribution is 0.0965. The fourth-order valence-corrected chi connectivity index (χ4v) is 2.50. The molecule has 0 bridgehead atoms. The fraction of sp³-hybridized carbons (Fsp3) is 0. The number of hydrogen-bond donors (Lipinski definition) is 2. The first-order valence-electron chi connectivity index (χ1n) is 5.97. The van der Waals surface area contributed by atoms with E-state index in [4.69, 9.17) is 0 Å². The van der Waals surface area contributed by atoms with E-state index < -0.39 is 22.0 Å². The van der Waals surface area contributed by atoms with E-state index in [1.54, 1.807) is 29.0 Å². The smallest absolute Gasteiger partial charge is 0.273 e. The van der Waals surface area contributed by atoms with Gasteiger partial charge in [0.2, 0.25) is 0 Å². The Hall–Kier alpha value is -2.67. The van der Waals surface area contributed by atoms with Gasteiger partial charge in [-0.05, 0) is 24.3 Å². The molecule has 0 aliphatic carbocycles. The molecule has 108 valence electrons. The highest BCUT2D eigenvalue weighted by Gasteiger charge is 2.18. The molecule has 6 nitrogen and oxygen atoms in total. The summed E-state index contributed by atoms with van der Waals surface area (Å²) in [6.45, 7) is 0. The molecule has 0 aliphatic rings. The number of benzene rings is 2. The summed E-state index contributed by atoms with van der Waals surface area (Å²) in [7, 11) is -4.00. The Bertz CT molecular complexity index is 743. The number of imide groups is 1. The van der Waals surface area contributed by atoms with E-state index in [0.717, 1.165) is 0 Å². The van der Waals surface area contributed by atoms with Crippen LogP contribution in [0.25, 0.3) is 0 Å². The van der Waals surface area contributed by atoms with Crippen LogP contribution in [0.1, 0.15) is 10.4 Å². The molecule has 0 radical (unpaired) electrons. The first kappa shape index (κ1) is 14.7. The maximum absolute atomic E-state index is 11.9. The third-order valence-corrected chi connectivity index (χ3v) is 3.89. The highest BCUT2D eigenvalue weighted by molar-refractivity contribution is 7.90. The third-order valence-electron chi connectivity index (χ3n) is 2.54. The quantitative estimate of drug-likeness (QED) is 0.899. The summed E-state index contributed by atoms with van der Waals surface area (Å²) < 4.78 is 25.5. The molecule has 0 fully saturated rings. The predicted molar refractivity (Wildman–Crippen MR) is 76.1 cm³/mol. The van der Waals surface area contributed by atoms with Crippen LogP contribution in [0.4, 0.5) is 4.79 Å². The van der Waals surface area contributed by atoms with Crippen molar-refractivity contribution in [3.63, 3.8) is 0 Å². The highest BCUT2D eigenvalue weighted by Crippen LogP contribution is 2.06. The van der Waals surface area contributed by atoms with Crippen LogP contribution in [0.15, 0.2) is 65.6 Å². The van der Waals surface area contributed by atoms with Gasteiger partial charge in [0.05, 0.1) is 4.90 Å². The van der Waals surface area contributed by atoms with Gasteiger partial charge in [0, 0.05) is 5.56 Å². The van der Waals surface area contributed by atoms with Crippen molar-refractivity contribution in [3.05, 3.63) is 66.2 Å². The first-order valence-corrected chi connectivity index (χ1v) is 7.45. The van der Waals surface area contributed by atoms with E-state index in [1.165, 1.54) is 36.4 Å². The average molecular weight is 304 g/mol. The van der Waals surface area contributed by atoms with Crippen molar-refractivity contribution in [2.45, 2.75) is 4.90 Å². The van der Waals surface area contributed by atoms with Gasteiger partial charge in [-0.1, -0.05) is 36.4 Å². The Morgan fingerprint density at radius 1 is 0.810 bits per heavy atom. The van der Waals surface area contributed by atoms with E-state index in [2.05, 4.69) is 0 Å². The van der Waals surface area contributed by atoms with Crippen molar-refractivity contribution in [2.75, 3.05) is 0 Å². The summed E-state index contributed by atoms with van der Waals surface area (Å²) in [4.78, 5) is 23.2. The van der Waals surface area contributed by atoms with E-state index in [9.17, 15) is 18.0 Å². The van der Waals surface area contributed by atoms with Crippen LogP contribution >= 0.6 is 0 Å². The molecular weight excluding hydrogens is 292 g/mol. The topological polar surface area (TPSA) is 92.3 Å². The minimum Gasteiger partial charge on any atom is -0.273 e. The van der Waals surface area contributed by atoms with E-state index >= 15 is 0 Å². The number of carbonyl (C=O) groups is 2. The molecule has 2 N–H and O–H groups in total. The van der Waals surface area contributed by atoms with Gasteiger partial charge in [0.25, 0.3) is 15.9 Å². The summed E-state index contributed by atoms with van der Waals surface area (Å²) in [5.74, 6) is -0.684. The van der Waals surface area contributed by atoms with Crippen molar-refractivity contribution >= 4 is 22.0 Å². The number of hydrogen-bond acceptors (Lipinski definition) is 4. The Balaban J connectivity index is 2.04. The lowest BCUT2D eigenvalue weighted by atomic mass is 10.2. The van der Waals surface area contributed by atoms with Crippen LogP contribution in [0.5, 0.6) is 0 Å². The summed E-state index contributed by atoms with van der Waals surface area (Å²) >= 11 is 0. The molecule has 0 saturated heterocycles. The molecule has 0 aliphatic heterocycles. The number of sulfonamides is 1. The van der Waals surface area contributed by atoms with E-state index in [1.807, 2.05) is 5.32 Å². The van der Waals surface area contributed by atoms with Gasteiger partial charge in [-0.25, -0.2) is 17.9 Å². The molecule has 21 heavy (non-hydrogen) atoms. The van der Waals surface area contributed by atoms with Gasteiger partial charge in [0.15, 0.2) is 0 Å². The Labute approximate surface area is 121 Å². The first-order chi connectivity index (χ1) is 9.99. The Morgan fingerprint density at radius 3 is 1.90 bits per heavy atom. The van der Waals surface area contributed by atoms with Crippen molar-refractivity contribution in [1.82, 2.24) is 10.0 Å². The minimum atomic E-state index is -4.00. The van der Waals surface area contributed by atoms with Gasteiger partial charge in [-0.15, -0.1) is 0 Å². The van der Waals surface area contributed by atoms with E-state index in [-0.39, 0.29) is 10.5 Å². The SMILES string of the molecule is O=C(NC(=O)c1ccccc1)NS(=O)(=O)c1ccccc1. The molecule has 2 aromatic carbocycles. The maximum Gasteiger partial charge on any atom is 0.335 e. The van der Waals surface area contributed by atoms with Crippen LogP contribution in [0.2, 0.25) is 0 Å². The average Bonchev–Trinajstić information content (AvgIpc) is 2.48. The monoisotopic (exact) mass is 304 g/mol. The fourth-order valence-electron chi connectivity index (χ4n) is 1.57. The maximum atomic E-state index is 11.9. The summed E-state index contributed by atoms with van der Waals surface area (Å²) in [6, 6.07) is 14.3. The van der Waals surface area contributed by atoms with Crippen LogP contribution < -0.4 is 10.0 Å². The molecule has 0 atom stereocenters. The normalized spacial score (nSPS) is 10.7. The second kappa shape index (κ2) is 6.19. The minimum absolute atomic E-state index is 0.0627. The van der Waals surface area contributed by atoms with Gasteiger partial charge >= 0.3 is 6.03 Å². The molecule has 2 rings (SSSR count). The van der Waals surface area contributed by atoms with Crippen LogP contribution in [-0.2, 0) is 10.0 Å². The van der Waals surface area contributed by atoms with Crippen molar-refractivity contribution in [3.8, 4) is 0 Å². The van der Waals surface area contributed by atoms with Crippen LogP contribution in [0.3, 0.4) is 0 Å². The zero-order valence-electron chi connectivity index (χ0n) is 10.8. The molecule has 2 aromatic rings.